The van der Waals surface area contributed by atoms with Gasteiger partial charge in [-0.05, 0) is 86.7 Å². The van der Waals surface area contributed by atoms with Crippen molar-refractivity contribution in [2.75, 3.05) is 44.0 Å². The highest BCUT2D eigenvalue weighted by Gasteiger charge is 2.50. The molecule has 0 aliphatic carbocycles. The molecule has 0 amide bonds. The van der Waals surface area contributed by atoms with Crippen LogP contribution in [0.4, 0.5) is 24.5 Å². The molecule has 5 rings (SSSR count). The van der Waals surface area contributed by atoms with E-state index in [1.807, 2.05) is 20.8 Å². The van der Waals surface area contributed by atoms with Gasteiger partial charge in [0.15, 0.2) is 0 Å². The largest absolute Gasteiger partial charge is 0.511 e. The molecule has 1 fully saturated rings. The number of sulfonamides is 1. The highest BCUT2D eigenvalue weighted by atomic mass is 35.5. The summed E-state index contributed by atoms with van der Waals surface area (Å²) in [5.41, 5.74) is -4.59. The molecule has 0 saturated carbocycles. The fourth-order valence-electron chi connectivity index (χ4n) is 5.91. The van der Waals surface area contributed by atoms with Crippen LogP contribution in [-0.4, -0.2) is 73.3 Å². The summed E-state index contributed by atoms with van der Waals surface area (Å²) >= 11 is 12.5. The molecule has 1 aromatic heterocycles. The first-order chi connectivity index (χ1) is 23.4. The Morgan fingerprint density at radius 2 is 1.46 bits per heavy atom. The van der Waals surface area contributed by atoms with Crippen LogP contribution >= 0.6 is 23.2 Å². The van der Waals surface area contributed by atoms with Crippen molar-refractivity contribution < 1.29 is 36.2 Å². The number of nitrogens with zero attached hydrogens (tertiary/aromatic N) is 2. The van der Waals surface area contributed by atoms with Crippen LogP contribution in [0.5, 0.6) is 5.88 Å². The lowest BCUT2D eigenvalue weighted by Crippen LogP contribution is -2.47. The van der Waals surface area contributed by atoms with Crippen molar-refractivity contribution in [2.24, 2.45) is 0 Å². The van der Waals surface area contributed by atoms with Gasteiger partial charge < -0.3 is 25.2 Å². The molecule has 2 heterocycles. The fraction of sp³-hybridized carbons (Fsp3) is 0.400. The number of aromatic nitrogens is 1. The van der Waals surface area contributed by atoms with Crippen LogP contribution < -0.4 is 15.4 Å². The number of alkyl halides is 3. The van der Waals surface area contributed by atoms with Gasteiger partial charge in [-0.3, -0.25) is 0 Å². The van der Waals surface area contributed by atoms with Gasteiger partial charge in [-0.25, -0.2) is 13.4 Å². The number of pyridine rings is 1. The second kappa shape index (κ2) is 14.7. The van der Waals surface area contributed by atoms with E-state index in [1.54, 1.807) is 73.8 Å². The van der Waals surface area contributed by atoms with E-state index in [0.29, 0.717) is 66.5 Å². The summed E-state index contributed by atoms with van der Waals surface area (Å²) in [5.74, 6) is 0.290. The fourth-order valence-corrected chi connectivity index (χ4v) is 7.15. The van der Waals surface area contributed by atoms with Gasteiger partial charge in [0.25, 0.3) is 0 Å². The molecule has 1 aliphatic rings. The zero-order valence-electron chi connectivity index (χ0n) is 27.9. The average Bonchev–Trinajstić information content (AvgIpc) is 3.04. The predicted octanol–water partition coefficient (Wildman–Crippen LogP) is 7.79. The van der Waals surface area contributed by atoms with E-state index in [9.17, 15) is 26.7 Å². The Morgan fingerprint density at radius 1 is 0.900 bits per heavy atom. The van der Waals surface area contributed by atoms with Crippen LogP contribution in [-0.2, 0) is 20.4 Å². The van der Waals surface area contributed by atoms with Crippen LogP contribution in [0.15, 0.2) is 66.7 Å². The van der Waals surface area contributed by atoms with E-state index in [4.69, 9.17) is 37.7 Å². The number of hydrogen-bond donors (Lipinski definition) is 3. The molecule has 1 saturated heterocycles. The molecule has 9 nitrogen and oxygen atoms in total. The zero-order valence-corrected chi connectivity index (χ0v) is 30.3. The molecule has 0 unspecified atom stereocenters. The molecule has 3 aromatic carbocycles. The van der Waals surface area contributed by atoms with Crippen molar-refractivity contribution in [2.45, 2.75) is 56.4 Å². The molecule has 0 bridgehead atoms. The molecule has 270 valence electrons. The molecule has 3 N–H and O–H groups in total. The van der Waals surface area contributed by atoms with E-state index in [-0.39, 0.29) is 37.9 Å². The third-order valence-corrected chi connectivity index (χ3v) is 10.4. The monoisotopic (exact) mass is 754 g/mol. The maximum absolute atomic E-state index is 13.3. The third-order valence-electron chi connectivity index (χ3n) is 8.31. The van der Waals surface area contributed by atoms with Crippen molar-refractivity contribution in [1.29, 1.82) is 0 Å². The Hall–Kier alpha value is -3.33. The van der Waals surface area contributed by atoms with Gasteiger partial charge in [-0.15, -0.1) is 0 Å². The topological polar surface area (TPSA) is 113 Å². The minimum absolute atomic E-state index is 0.118. The first-order valence-electron chi connectivity index (χ1n) is 15.9. The summed E-state index contributed by atoms with van der Waals surface area (Å²) in [6.45, 7) is 5.78. The number of piperidine rings is 1. The first-order valence-corrected chi connectivity index (χ1v) is 18.1. The van der Waals surface area contributed by atoms with Crippen molar-refractivity contribution >= 4 is 55.5 Å². The van der Waals surface area contributed by atoms with Crippen LogP contribution in [0.2, 0.25) is 10.0 Å². The maximum atomic E-state index is 13.3. The van der Waals surface area contributed by atoms with Gasteiger partial charge >= 0.3 is 15.5 Å². The van der Waals surface area contributed by atoms with E-state index >= 15 is 0 Å². The average molecular weight is 756 g/mol. The van der Waals surface area contributed by atoms with Crippen LogP contribution in [0.3, 0.4) is 0 Å². The Kier molecular flexibility index (Phi) is 11.2. The molecule has 0 spiro atoms. The first kappa shape index (κ1) is 37.9. The smallest absolute Gasteiger partial charge is 0.472 e. The van der Waals surface area contributed by atoms with Gasteiger partial charge in [-0.2, -0.15) is 17.5 Å². The maximum Gasteiger partial charge on any atom is 0.511 e. The van der Waals surface area contributed by atoms with Gasteiger partial charge in [0.1, 0.15) is 11.2 Å². The highest BCUT2D eigenvalue weighted by molar-refractivity contribution is 7.90. The van der Waals surface area contributed by atoms with Crippen molar-refractivity contribution in [3.63, 3.8) is 0 Å². The zero-order chi connectivity index (χ0) is 36.5. The molecular formula is C35H39Cl2F3N4O5S. The van der Waals surface area contributed by atoms with Gasteiger partial charge in [0.05, 0.1) is 17.8 Å². The van der Waals surface area contributed by atoms with Crippen molar-refractivity contribution in [3.05, 3.63) is 93.5 Å². The standard InChI is InChI=1S/C35H39Cl2F3N4O5S/c1-33(2,3)49-31-21-29(42-27-13-16-44(17-14-27)50(46,47)35(38,39)40)28-19-24(20-30(32(28)43-31)41-15-18-48-4)34(45,22-5-9-25(36)10-6-22)23-7-11-26(37)12-8-23/h5-12,19-21,27,41,45H,13-18H2,1-4H3,(H,42,43). The number of aliphatic hydroxyl groups is 1. The Balaban J connectivity index is 1.68. The summed E-state index contributed by atoms with van der Waals surface area (Å²) in [4.78, 5) is 4.86. The molecule has 50 heavy (non-hydrogen) atoms. The molecule has 0 atom stereocenters. The summed E-state index contributed by atoms with van der Waals surface area (Å²) in [6, 6.07) is 18.6. The van der Waals surface area contributed by atoms with Crippen molar-refractivity contribution in [1.82, 2.24) is 9.29 Å². The summed E-state index contributed by atoms with van der Waals surface area (Å²) in [7, 11) is -3.86. The number of anilines is 2. The number of rotatable bonds is 11. The third kappa shape index (κ3) is 8.24. The molecule has 0 radical (unpaired) electrons. The molecule has 15 heteroatoms. The van der Waals surface area contributed by atoms with E-state index in [0.717, 1.165) is 0 Å². The minimum Gasteiger partial charge on any atom is -0.472 e. The number of benzene rings is 3. The predicted molar refractivity (Wildman–Crippen MR) is 191 cm³/mol. The Labute approximate surface area is 299 Å². The second-order valence-corrected chi connectivity index (χ2v) is 15.9. The number of methoxy groups -OCH3 is 1. The number of ether oxygens (including phenoxy) is 2. The Morgan fingerprint density at radius 3 is 1.96 bits per heavy atom. The molecule has 4 aromatic rings. The summed E-state index contributed by atoms with van der Waals surface area (Å²) < 4.78 is 75.9. The minimum atomic E-state index is -5.44. The van der Waals surface area contributed by atoms with Gasteiger partial charge in [-0.1, -0.05) is 47.5 Å². The van der Waals surface area contributed by atoms with E-state index < -0.39 is 26.7 Å². The van der Waals surface area contributed by atoms with Crippen LogP contribution in [0, 0.1) is 0 Å². The number of fused-ring (bicyclic) bond motifs is 1. The van der Waals surface area contributed by atoms with Crippen LogP contribution in [0.1, 0.15) is 50.3 Å². The van der Waals surface area contributed by atoms with Gasteiger partial charge in [0.2, 0.25) is 5.88 Å². The number of hydrogen-bond acceptors (Lipinski definition) is 8. The van der Waals surface area contributed by atoms with Crippen molar-refractivity contribution in [3.8, 4) is 5.88 Å². The van der Waals surface area contributed by atoms with E-state index in [2.05, 4.69) is 10.6 Å². The molecular weight excluding hydrogens is 716 g/mol. The quantitative estimate of drug-likeness (QED) is 0.105. The highest BCUT2D eigenvalue weighted by Crippen LogP contribution is 2.43. The van der Waals surface area contributed by atoms with E-state index in [1.165, 1.54) is 0 Å². The Bertz CT molecular complexity index is 1870. The molecule has 1 aliphatic heterocycles. The summed E-state index contributed by atoms with van der Waals surface area (Å²) in [6.07, 6.45) is 0.236. The lowest BCUT2D eigenvalue weighted by atomic mass is 9.79. The lowest BCUT2D eigenvalue weighted by molar-refractivity contribution is -0.0494. The number of nitrogens with one attached hydrogen (secondary N) is 2. The second-order valence-electron chi connectivity index (χ2n) is 13.1. The lowest BCUT2D eigenvalue weighted by Gasteiger charge is -2.33. The summed E-state index contributed by atoms with van der Waals surface area (Å²) in [5, 5.41) is 21.2. The SMILES string of the molecule is COCCNc1cc(C(O)(c2ccc(Cl)cc2)c2ccc(Cl)cc2)cc2c(NC3CCN(S(=O)(=O)C(F)(F)F)CC3)cc(OC(C)(C)C)nc12. The van der Waals surface area contributed by atoms with Gasteiger partial charge in [0, 0.05) is 60.0 Å². The number of halogens is 5. The van der Waals surface area contributed by atoms with Crippen LogP contribution in [0.25, 0.3) is 10.9 Å². The normalized spacial score (nSPS) is 15.3.